The Balaban J connectivity index is 2.06. The SMILES string of the molecule is COc1c(O)ccc(/C=N/NC(=O)COc2c(C)cc(C)cc2Br)c1[N+](=O)[O-]. The molecule has 0 aliphatic carbocycles. The zero-order valence-electron chi connectivity index (χ0n) is 15.4. The number of phenolic OH excluding ortho intramolecular Hbond substituents is 1. The van der Waals surface area contributed by atoms with E-state index in [1.54, 1.807) is 0 Å². The Hall–Kier alpha value is -3.14. The summed E-state index contributed by atoms with van der Waals surface area (Å²) in [6.07, 6.45) is 1.09. The number of nitro groups is 1. The summed E-state index contributed by atoms with van der Waals surface area (Å²) in [5, 5.41) is 24.6. The van der Waals surface area contributed by atoms with Crippen LogP contribution in [0, 0.1) is 24.0 Å². The van der Waals surface area contributed by atoms with Crippen molar-refractivity contribution in [2.75, 3.05) is 13.7 Å². The Morgan fingerprint density at radius 3 is 2.68 bits per heavy atom. The molecule has 0 fully saturated rings. The van der Waals surface area contributed by atoms with Crippen molar-refractivity contribution < 1.29 is 24.3 Å². The molecule has 0 aliphatic heterocycles. The zero-order valence-corrected chi connectivity index (χ0v) is 16.9. The third-order valence-electron chi connectivity index (χ3n) is 3.64. The highest BCUT2D eigenvalue weighted by Gasteiger charge is 2.23. The minimum Gasteiger partial charge on any atom is -0.504 e. The Kier molecular flexibility index (Phi) is 6.94. The van der Waals surface area contributed by atoms with Gasteiger partial charge in [-0.25, -0.2) is 5.43 Å². The molecule has 0 spiro atoms. The number of nitrogens with zero attached hydrogens (tertiary/aromatic N) is 2. The van der Waals surface area contributed by atoms with Gasteiger partial charge in [-0.15, -0.1) is 0 Å². The number of aromatic hydroxyl groups is 1. The first-order chi connectivity index (χ1) is 13.2. The van der Waals surface area contributed by atoms with E-state index in [0.717, 1.165) is 21.8 Å². The Labute approximate surface area is 169 Å². The fourth-order valence-electron chi connectivity index (χ4n) is 2.50. The molecule has 2 aromatic carbocycles. The predicted octanol–water partition coefficient (Wildman–Crippen LogP) is 3.22. The van der Waals surface area contributed by atoms with Gasteiger partial charge in [0.2, 0.25) is 5.75 Å². The standard InChI is InChI=1S/C18H18BrN3O6/c1-10-6-11(2)17(13(19)7-10)28-9-15(24)21-20-8-12-4-5-14(23)18(27-3)16(12)22(25)26/h4-8,23H,9H2,1-3H3,(H,21,24)/b20-8+. The number of nitro benzene ring substituents is 1. The Morgan fingerprint density at radius 1 is 1.36 bits per heavy atom. The Bertz CT molecular complexity index is 922. The number of hydrogen-bond acceptors (Lipinski definition) is 7. The lowest BCUT2D eigenvalue weighted by Crippen LogP contribution is -2.25. The molecule has 0 radical (unpaired) electrons. The Morgan fingerprint density at radius 2 is 2.07 bits per heavy atom. The smallest absolute Gasteiger partial charge is 0.323 e. The molecule has 0 saturated heterocycles. The summed E-state index contributed by atoms with van der Waals surface area (Å²) in [5.74, 6) is -0.661. The monoisotopic (exact) mass is 451 g/mol. The summed E-state index contributed by atoms with van der Waals surface area (Å²) in [6, 6.07) is 6.31. The fourth-order valence-corrected chi connectivity index (χ4v) is 3.29. The molecule has 2 aromatic rings. The first-order valence-electron chi connectivity index (χ1n) is 8.00. The predicted molar refractivity (Wildman–Crippen MR) is 106 cm³/mol. The largest absolute Gasteiger partial charge is 0.504 e. The summed E-state index contributed by atoms with van der Waals surface area (Å²) < 4.78 is 11.1. The lowest BCUT2D eigenvalue weighted by Gasteiger charge is -2.11. The average Bonchev–Trinajstić information content (AvgIpc) is 2.61. The van der Waals surface area contributed by atoms with Gasteiger partial charge in [0.05, 0.1) is 28.3 Å². The van der Waals surface area contributed by atoms with Crippen molar-refractivity contribution in [3.05, 3.63) is 55.5 Å². The number of hydrazone groups is 1. The van der Waals surface area contributed by atoms with Gasteiger partial charge in [-0.1, -0.05) is 6.07 Å². The van der Waals surface area contributed by atoms with E-state index in [4.69, 9.17) is 9.47 Å². The van der Waals surface area contributed by atoms with E-state index in [-0.39, 0.29) is 23.7 Å². The van der Waals surface area contributed by atoms with E-state index in [0.29, 0.717) is 5.75 Å². The van der Waals surface area contributed by atoms with E-state index in [9.17, 15) is 20.0 Å². The van der Waals surface area contributed by atoms with Crippen LogP contribution in [0.1, 0.15) is 16.7 Å². The number of hydrogen-bond donors (Lipinski definition) is 2. The average molecular weight is 452 g/mol. The van der Waals surface area contributed by atoms with Gasteiger partial charge < -0.3 is 14.6 Å². The fraction of sp³-hybridized carbons (Fsp3) is 0.222. The van der Waals surface area contributed by atoms with Crippen LogP contribution in [-0.4, -0.2) is 35.9 Å². The highest BCUT2D eigenvalue weighted by atomic mass is 79.9. The lowest BCUT2D eigenvalue weighted by molar-refractivity contribution is -0.386. The number of phenols is 1. The van der Waals surface area contributed by atoms with Crippen LogP contribution in [0.3, 0.4) is 0 Å². The van der Waals surface area contributed by atoms with Gasteiger partial charge in [0.25, 0.3) is 5.91 Å². The molecule has 0 heterocycles. The highest BCUT2D eigenvalue weighted by molar-refractivity contribution is 9.10. The summed E-state index contributed by atoms with van der Waals surface area (Å²) in [5.41, 5.74) is 3.75. The second-order valence-electron chi connectivity index (χ2n) is 5.79. The lowest BCUT2D eigenvalue weighted by atomic mass is 10.1. The number of amides is 1. The maximum Gasteiger partial charge on any atom is 0.323 e. The van der Waals surface area contributed by atoms with E-state index in [1.807, 2.05) is 26.0 Å². The molecule has 0 unspecified atom stereocenters. The molecule has 2 rings (SSSR count). The van der Waals surface area contributed by atoms with Crippen LogP contribution >= 0.6 is 15.9 Å². The van der Waals surface area contributed by atoms with Gasteiger partial charge in [0.1, 0.15) is 5.75 Å². The molecule has 2 N–H and O–H groups in total. The van der Waals surface area contributed by atoms with Gasteiger partial charge in [0, 0.05) is 0 Å². The van der Waals surface area contributed by atoms with Crippen molar-refractivity contribution in [1.82, 2.24) is 5.43 Å². The molecule has 0 aliphatic rings. The van der Waals surface area contributed by atoms with Crippen LogP contribution in [-0.2, 0) is 4.79 Å². The van der Waals surface area contributed by atoms with Crippen LogP contribution in [0.2, 0.25) is 0 Å². The number of carbonyl (C=O) groups excluding carboxylic acids is 1. The summed E-state index contributed by atoms with van der Waals surface area (Å²) in [4.78, 5) is 22.5. The number of carbonyl (C=O) groups is 1. The first-order valence-corrected chi connectivity index (χ1v) is 8.79. The molecule has 10 heteroatoms. The topological polar surface area (TPSA) is 123 Å². The summed E-state index contributed by atoms with van der Waals surface area (Å²) in [6.45, 7) is 3.52. The molecule has 28 heavy (non-hydrogen) atoms. The van der Waals surface area contributed by atoms with Crippen LogP contribution < -0.4 is 14.9 Å². The minimum absolute atomic E-state index is 0.0537. The van der Waals surface area contributed by atoms with Crippen molar-refractivity contribution in [3.63, 3.8) is 0 Å². The van der Waals surface area contributed by atoms with Crippen LogP contribution in [0.25, 0.3) is 0 Å². The van der Waals surface area contributed by atoms with Crippen molar-refractivity contribution in [1.29, 1.82) is 0 Å². The minimum atomic E-state index is -0.706. The number of ether oxygens (including phenoxy) is 2. The van der Waals surface area contributed by atoms with Crippen molar-refractivity contribution >= 4 is 33.7 Å². The maximum atomic E-state index is 11.9. The van der Waals surface area contributed by atoms with Crippen LogP contribution in [0.5, 0.6) is 17.2 Å². The second-order valence-corrected chi connectivity index (χ2v) is 6.64. The molecule has 0 saturated carbocycles. The second kappa shape index (κ2) is 9.18. The third-order valence-corrected chi connectivity index (χ3v) is 4.23. The van der Waals surface area contributed by atoms with Crippen molar-refractivity contribution in [3.8, 4) is 17.2 Å². The number of rotatable bonds is 7. The van der Waals surface area contributed by atoms with Crippen molar-refractivity contribution in [2.45, 2.75) is 13.8 Å². The van der Waals surface area contributed by atoms with E-state index >= 15 is 0 Å². The maximum absolute atomic E-state index is 11.9. The van der Waals surface area contributed by atoms with Gasteiger partial charge in [-0.2, -0.15) is 5.10 Å². The van der Waals surface area contributed by atoms with Gasteiger partial charge >= 0.3 is 5.69 Å². The molecule has 0 atom stereocenters. The van der Waals surface area contributed by atoms with Crippen LogP contribution in [0.4, 0.5) is 5.69 Å². The van der Waals surface area contributed by atoms with E-state index < -0.39 is 16.5 Å². The number of benzene rings is 2. The molecule has 148 valence electrons. The molecular formula is C18H18BrN3O6. The highest BCUT2D eigenvalue weighted by Crippen LogP contribution is 2.37. The molecule has 0 bridgehead atoms. The van der Waals surface area contributed by atoms with E-state index in [1.165, 1.54) is 19.2 Å². The molecule has 1 amide bonds. The third kappa shape index (κ3) is 4.97. The number of aryl methyl sites for hydroxylation is 2. The first kappa shape index (κ1) is 21.2. The van der Waals surface area contributed by atoms with Crippen molar-refractivity contribution in [2.24, 2.45) is 5.10 Å². The number of halogens is 1. The van der Waals surface area contributed by atoms with Gasteiger partial charge in [0.15, 0.2) is 12.4 Å². The normalized spacial score (nSPS) is 10.7. The quantitative estimate of drug-likeness (QED) is 0.378. The summed E-state index contributed by atoms with van der Waals surface area (Å²) >= 11 is 3.39. The molecule has 9 nitrogen and oxygen atoms in total. The van der Waals surface area contributed by atoms with Gasteiger partial charge in [-0.3, -0.25) is 14.9 Å². The number of methoxy groups -OCH3 is 1. The molecule has 0 aromatic heterocycles. The van der Waals surface area contributed by atoms with Gasteiger partial charge in [-0.05, 0) is 59.1 Å². The summed E-state index contributed by atoms with van der Waals surface area (Å²) in [7, 11) is 1.20. The van der Waals surface area contributed by atoms with E-state index in [2.05, 4.69) is 26.5 Å². The van der Waals surface area contributed by atoms with Crippen LogP contribution in [0.15, 0.2) is 33.8 Å². The zero-order chi connectivity index (χ0) is 20.8. The number of nitrogens with one attached hydrogen (secondary N) is 1. The molecular weight excluding hydrogens is 434 g/mol.